The summed E-state index contributed by atoms with van der Waals surface area (Å²) in [6.45, 7) is 0. The Balaban J connectivity index is 1.81. The molecule has 1 heterocycles. The molecule has 0 saturated heterocycles. The van der Waals surface area contributed by atoms with E-state index in [-0.39, 0.29) is 5.82 Å². The van der Waals surface area contributed by atoms with Gasteiger partial charge in [-0.05, 0) is 28.6 Å². The van der Waals surface area contributed by atoms with Crippen LogP contribution in [0.4, 0.5) is 16.0 Å². The Morgan fingerprint density at radius 3 is 2.62 bits per heavy atom. The molecule has 0 atom stereocenters. The first-order valence-electron chi connectivity index (χ1n) is 6.22. The van der Waals surface area contributed by atoms with Crippen molar-refractivity contribution in [3.8, 4) is 0 Å². The van der Waals surface area contributed by atoms with Crippen LogP contribution in [0.2, 0.25) is 0 Å². The zero-order valence-corrected chi connectivity index (χ0v) is 10.9. The van der Waals surface area contributed by atoms with Crippen LogP contribution in [0.3, 0.4) is 0 Å². The quantitative estimate of drug-likeness (QED) is 0.746. The fourth-order valence-electron chi connectivity index (χ4n) is 1.68. The lowest BCUT2D eigenvalue weighted by Crippen LogP contribution is -2.01. The van der Waals surface area contributed by atoms with E-state index in [1.54, 1.807) is 18.2 Å². The van der Waals surface area contributed by atoms with Crippen LogP contribution >= 0.6 is 0 Å². The van der Waals surface area contributed by atoms with Gasteiger partial charge in [0.25, 0.3) is 5.95 Å². The molecule has 1 N–H and O–H groups in total. The standard InChI is InChI=1S/C14H11FN6/c15-13-9-5-4-6-11(13)10-16-21-14(18-19-20-21)17-12-7-2-1-3-8-12/h1-10H,(H,17,18,20). The summed E-state index contributed by atoms with van der Waals surface area (Å²) >= 11 is 0. The molecule has 2 aromatic carbocycles. The smallest absolute Gasteiger partial charge is 0.269 e. The number of hydrogen-bond acceptors (Lipinski definition) is 5. The molecule has 21 heavy (non-hydrogen) atoms. The first-order chi connectivity index (χ1) is 10.3. The summed E-state index contributed by atoms with van der Waals surface area (Å²) in [7, 11) is 0. The van der Waals surface area contributed by atoms with Crippen LogP contribution in [-0.2, 0) is 0 Å². The van der Waals surface area contributed by atoms with E-state index in [2.05, 4.69) is 25.9 Å². The molecule has 6 nitrogen and oxygen atoms in total. The summed E-state index contributed by atoms with van der Waals surface area (Å²) in [6, 6.07) is 15.8. The Morgan fingerprint density at radius 1 is 1.05 bits per heavy atom. The van der Waals surface area contributed by atoms with Gasteiger partial charge in [0.15, 0.2) is 0 Å². The number of benzene rings is 2. The summed E-state index contributed by atoms with van der Waals surface area (Å²) in [6.07, 6.45) is 1.36. The highest BCUT2D eigenvalue weighted by Gasteiger charge is 2.05. The highest BCUT2D eigenvalue weighted by molar-refractivity contribution is 5.79. The van der Waals surface area contributed by atoms with E-state index in [9.17, 15) is 4.39 Å². The van der Waals surface area contributed by atoms with Gasteiger partial charge < -0.3 is 5.32 Å². The maximum atomic E-state index is 13.5. The molecule has 0 aliphatic carbocycles. The third-order valence-electron chi connectivity index (χ3n) is 2.69. The third kappa shape index (κ3) is 3.08. The van der Waals surface area contributed by atoms with Crippen molar-refractivity contribution in [3.63, 3.8) is 0 Å². The normalized spacial score (nSPS) is 10.9. The Bertz CT molecular complexity index is 753. The number of hydrogen-bond donors (Lipinski definition) is 1. The minimum Gasteiger partial charge on any atom is -0.321 e. The zero-order valence-electron chi connectivity index (χ0n) is 10.9. The number of nitrogens with one attached hydrogen (secondary N) is 1. The molecule has 0 aliphatic heterocycles. The summed E-state index contributed by atoms with van der Waals surface area (Å²) in [5.41, 5.74) is 1.19. The van der Waals surface area contributed by atoms with Gasteiger partial charge in [0, 0.05) is 11.3 Å². The number of tetrazole rings is 1. The molecule has 0 amide bonds. The van der Waals surface area contributed by atoms with Crippen LogP contribution in [0, 0.1) is 5.82 Å². The minimum absolute atomic E-state index is 0.341. The van der Waals surface area contributed by atoms with Gasteiger partial charge in [-0.3, -0.25) is 0 Å². The largest absolute Gasteiger partial charge is 0.321 e. The molecule has 0 spiro atoms. The molecule has 0 saturated carbocycles. The molecule has 0 bridgehead atoms. The monoisotopic (exact) mass is 282 g/mol. The number of aromatic nitrogens is 4. The van der Waals surface area contributed by atoms with Gasteiger partial charge in [0.05, 0.1) is 6.21 Å². The molecule has 3 aromatic rings. The summed E-state index contributed by atoms with van der Waals surface area (Å²) in [5, 5.41) is 18.2. The molecule has 3 rings (SSSR count). The van der Waals surface area contributed by atoms with Crippen LogP contribution < -0.4 is 5.32 Å². The van der Waals surface area contributed by atoms with Gasteiger partial charge >= 0.3 is 0 Å². The van der Waals surface area contributed by atoms with Crippen LogP contribution in [-0.4, -0.2) is 26.5 Å². The predicted octanol–water partition coefficient (Wildman–Crippen LogP) is 2.44. The van der Waals surface area contributed by atoms with E-state index < -0.39 is 0 Å². The van der Waals surface area contributed by atoms with Crippen molar-refractivity contribution in [2.75, 3.05) is 5.32 Å². The van der Waals surface area contributed by atoms with Crippen LogP contribution in [0.15, 0.2) is 59.7 Å². The summed E-state index contributed by atoms with van der Waals surface area (Å²) in [4.78, 5) is 1.19. The molecule has 104 valence electrons. The maximum Gasteiger partial charge on any atom is 0.269 e. The van der Waals surface area contributed by atoms with Crippen LogP contribution in [0.25, 0.3) is 0 Å². The number of para-hydroxylation sites is 1. The van der Waals surface area contributed by atoms with E-state index in [1.165, 1.54) is 17.1 Å². The van der Waals surface area contributed by atoms with E-state index in [0.29, 0.717) is 11.5 Å². The second-order valence-electron chi connectivity index (χ2n) is 4.15. The number of halogens is 1. The lowest BCUT2D eigenvalue weighted by Gasteiger charge is -2.02. The molecule has 0 aliphatic rings. The highest BCUT2D eigenvalue weighted by Crippen LogP contribution is 2.12. The molecule has 1 aromatic heterocycles. The lowest BCUT2D eigenvalue weighted by molar-refractivity contribution is 0.625. The second-order valence-corrected chi connectivity index (χ2v) is 4.15. The SMILES string of the molecule is Fc1ccccc1C=Nn1nnnc1Nc1ccccc1. The summed E-state index contributed by atoms with van der Waals surface area (Å²) in [5.74, 6) is -0.0133. The van der Waals surface area contributed by atoms with Crippen LogP contribution in [0.5, 0.6) is 0 Å². The Labute approximate surface area is 119 Å². The van der Waals surface area contributed by atoms with E-state index in [0.717, 1.165) is 5.69 Å². The number of rotatable bonds is 4. The van der Waals surface area contributed by atoms with Crippen molar-refractivity contribution < 1.29 is 4.39 Å². The van der Waals surface area contributed by atoms with Crippen molar-refractivity contribution >= 4 is 17.9 Å². The lowest BCUT2D eigenvalue weighted by atomic mass is 10.2. The van der Waals surface area contributed by atoms with E-state index >= 15 is 0 Å². The predicted molar refractivity (Wildman–Crippen MR) is 76.9 cm³/mol. The molecule has 7 heteroatoms. The number of anilines is 2. The van der Waals surface area contributed by atoms with Crippen molar-refractivity contribution in [2.45, 2.75) is 0 Å². The Morgan fingerprint density at radius 2 is 1.81 bits per heavy atom. The molecule has 0 radical (unpaired) electrons. The first-order valence-corrected chi connectivity index (χ1v) is 6.22. The highest BCUT2D eigenvalue weighted by atomic mass is 19.1. The van der Waals surface area contributed by atoms with Crippen LogP contribution in [0.1, 0.15) is 5.56 Å². The molecular formula is C14H11FN6. The molecular weight excluding hydrogens is 271 g/mol. The fraction of sp³-hybridized carbons (Fsp3) is 0. The van der Waals surface area contributed by atoms with Crippen molar-refractivity contribution in [2.24, 2.45) is 5.10 Å². The molecule has 0 unspecified atom stereocenters. The van der Waals surface area contributed by atoms with Gasteiger partial charge in [-0.25, -0.2) is 4.39 Å². The van der Waals surface area contributed by atoms with E-state index in [4.69, 9.17) is 0 Å². The number of nitrogens with zero attached hydrogens (tertiary/aromatic N) is 5. The van der Waals surface area contributed by atoms with Crippen molar-refractivity contribution in [1.82, 2.24) is 20.3 Å². The van der Waals surface area contributed by atoms with Gasteiger partial charge in [0.1, 0.15) is 5.82 Å². The van der Waals surface area contributed by atoms with Gasteiger partial charge in [-0.15, -0.1) is 0 Å². The van der Waals surface area contributed by atoms with Gasteiger partial charge in [-0.1, -0.05) is 46.3 Å². The Kier molecular flexibility index (Phi) is 3.64. The fourth-order valence-corrected chi connectivity index (χ4v) is 1.68. The van der Waals surface area contributed by atoms with Gasteiger partial charge in [-0.2, -0.15) is 5.10 Å². The van der Waals surface area contributed by atoms with Crippen molar-refractivity contribution in [3.05, 3.63) is 66.0 Å². The zero-order chi connectivity index (χ0) is 14.5. The maximum absolute atomic E-state index is 13.5. The third-order valence-corrected chi connectivity index (χ3v) is 2.69. The van der Waals surface area contributed by atoms with E-state index in [1.807, 2.05) is 30.3 Å². The minimum atomic E-state index is -0.355. The first kappa shape index (κ1) is 12.9. The Hall–Kier alpha value is -3.09. The average Bonchev–Trinajstić information content (AvgIpc) is 2.95. The molecule has 0 fully saturated rings. The topological polar surface area (TPSA) is 68.0 Å². The van der Waals surface area contributed by atoms with Gasteiger partial charge in [0.2, 0.25) is 0 Å². The average molecular weight is 282 g/mol. The second kappa shape index (κ2) is 5.91. The summed E-state index contributed by atoms with van der Waals surface area (Å²) < 4.78 is 13.5. The van der Waals surface area contributed by atoms with Crippen molar-refractivity contribution in [1.29, 1.82) is 0 Å².